The number of benzene rings is 1. The van der Waals surface area contributed by atoms with Crippen LogP contribution in [0.3, 0.4) is 0 Å². The Morgan fingerprint density at radius 1 is 1.50 bits per heavy atom. The second-order valence-electron chi connectivity index (χ2n) is 4.48. The summed E-state index contributed by atoms with van der Waals surface area (Å²) in [5, 5.41) is 0.419. The van der Waals surface area contributed by atoms with Crippen LogP contribution in [0.1, 0.15) is 44.2 Å². The van der Waals surface area contributed by atoms with Crippen LogP contribution in [0.5, 0.6) is 0 Å². The van der Waals surface area contributed by atoms with Gasteiger partial charge in [0.15, 0.2) is 0 Å². The third kappa shape index (κ3) is 2.82. The average molecular weight is 243 g/mol. The Labute approximate surface area is 101 Å². The summed E-state index contributed by atoms with van der Waals surface area (Å²) < 4.78 is 14.1. The Kier molecular flexibility index (Phi) is 4.09. The summed E-state index contributed by atoms with van der Waals surface area (Å²) in [6, 6.07) is 5.29. The van der Waals surface area contributed by atoms with Crippen LogP contribution in [-0.2, 0) is 10.5 Å². The molecule has 1 aromatic carbocycles. The maximum Gasteiger partial charge on any atom is 0.132 e. The van der Waals surface area contributed by atoms with Crippen LogP contribution in [0.15, 0.2) is 18.2 Å². The van der Waals surface area contributed by atoms with E-state index in [1.807, 2.05) is 13.0 Å². The molecule has 0 amide bonds. The van der Waals surface area contributed by atoms with Gasteiger partial charge in [0.05, 0.1) is 0 Å². The van der Waals surface area contributed by atoms with Crippen molar-refractivity contribution in [2.75, 3.05) is 0 Å². The van der Waals surface area contributed by atoms with Gasteiger partial charge in [-0.15, -0.1) is 0 Å². The lowest BCUT2D eigenvalue weighted by Crippen LogP contribution is -2.15. The fourth-order valence-electron chi connectivity index (χ4n) is 1.85. The highest BCUT2D eigenvalue weighted by Crippen LogP contribution is 2.37. The van der Waals surface area contributed by atoms with Crippen molar-refractivity contribution in [3.63, 3.8) is 0 Å². The van der Waals surface area contributed by atoms with E-state index >= 15 is 0 Å². The first-order valence-corrected chi connectivity index (χ1v) is 5.67. The highest BCUT2D eigenvalue weighted by atomic mass is 35.5. The lowest BCUT2D eigenvalue weighted by molar-refractivity contribution is -0.108. The lowest BCUT2D eigenvalue weighted by Gasteiger charge is -2.23. The summed E-state index contributed by atoms with van der Waals surface area (Å²) in [6.45, 7) is 4.85. The van der Waals surface area contributed by atoms with E-state index in [2.05, 4.69) is 0 Å². The van der Waals surface area contributed by atoms with Gasteiger partial charge in [-0.2, -0.15) is 0 Å². The van der Waals surface area contributed by atoms with Crippen molar-refractivity contribution >= 4 is 17.9 Å². The Bertz CT molecular complexity index is 382. The number of carbonyl (C=O) groups is 1. The molecule has 16 heavy (non-hydrogen) atoms. The molecule has 1 nitrogen and oxygen atoms in total. The van der Waals surface area contributed by atoms with Crippen LogP contribution >= 0.6 is 11.6 Å². The molecule has 0 aliphatic heterocycles. The van der Waals surface area contributed by atoms with E-state index in [1.165, 1.54) is 13.8 Å². The topological polar surface area (TPSA) is 17.1 Å². The molecule has 0 N–H and O–H groups in total. The summed E-state index contributed by atoms with van der Waals surface area (Å²) in [5.41, 5.74) is -0.191. The zero-order chi connectivity index (χ0) is 12.3. The maximum atomic E-state index is 14.1. The van der Waals surface area contributed by atoms with E-state index in [0.29, 0.717) is 17.0 Å². The normalized spacial score (nSPS) is 13.6. The Hall–Kier alpha value is -0.890. The molecule has 0 aromatic heterocycles. The minimum atomic E-state index is -1.50. The average Bonchev–Trinajstić information content (AvgIpc) is 2.15. The molecule has 0 heterocycles. The zero-order valence-electron chi connectivity index (χ0n) is 9.76. The molecule has 0 aliphatic carbocycles. The van der Waals surface area contributed by atoms with Crippen molar-refractivity contribution in [2.45, 2.75) is 38.8 Å². The highest BCUT2D eigenvalue weighted by Gasteiger charge is 2.27. The second kappa shape index (κ2) is 4.96. The molecule has 88 valence electrons. The minimum absolute atomic E-state index is 0.0128. The van der Waals surface area contributed by atoms with E-state index in [-0.39, 0.29) is 5.92 Å². The Morgan fingerprint density at radius 3 is 2.62 bits per heavy atom. The molecule has 0 saturated carbocycles. The molecule has 3 heteroatoms. The summed E-state index contributed by atoms with van der Waals surface area (Å²) >= 11 is 6.03. The SMILES string of the molecule is CC(CC=O)c1cccc(Cl)c1C(C)(C)F. The molecule has 0 spiro atoms. The lowest BCUT2D eigenvalue weighted by atomic mass is 9.87. The van der Waals surface area contributed by atoms with Crippen LogP contribution in [0, 0.1) is 0 Å². The first-order valence-electron chi connectivity index (χ1n) is 5.29. The third-order valence-corrected chi connectivity index (χ3v) is 2.94. The van der Waals surface area contributed by atoms with Gasteiger partial charge in [0, 0.05) is 17.0 Å². The number of hydrogen-bond acceptors (Lipinski definition) is 1. The Balaban J connectivity index is 3.28. The maximum absolute atomic E-state index is 14.1. The summed E-state index contributed by atoms with van der Waals surface area (Å²) in [6.07, 6.45) is 1.23. The standard InChI is InChI=1S/C13H16ClFO/c1-9(7-8-16)10-5-4-6-11(14)12(10)13(2,3)15/h4-6,8-9H,7H2,1-3H3. The molecule has 0 bridgehead atoms. The minimum Gasteiger partial charge on any atom is -0.303 e. The number of aldehydes is 1. The van der Waals surface area contributed by atoms with E-state index in [9.17, 15) is 9.18 Å². The molecule has 1 rings (SSSR count). The van der Waals surface area contributed by atoms with Gasteiger partial charge in [0.1, 0.15) is 12.0 Å². The van der Waals surface area contributed by atoms with Crippen molar-refractivity contribution in [3.05, 3.63) is 34.3 Å². The van der Waals surface area contributed by atoms with Crippen LogP contribution in [0.25, 0.3) is 0 Å². The Morgan fingerprint density at radius 2 is 2.12 bits per heavy atom. The number of carbonyl (C=O) groups excluding carboxylic acids is 1. The molecular weight excluding hydrogens is 227 g/mol. The molecule has 0 fully saturated rings. The van der Waals surface area contributed by atoms with Crippen LogP contribution in [-0.4, -0.2) is 6.29 Å². The molecule has 0 aliphatic rings. The smallest absolute Gasteiger partial charge is 0.132 e. The fourth-order valence-corrected chi connectivity index (χ4v) is 2.26. The van der Waals surface area contributed by atoms with Gasteiger partial charge in [-0.3, -0.25) is 0 Å². The van der Waals surface area contributed by atoms with E-state index < -0.39 is 5.67 Å². The number of hydrogen-bond donors (Lipinski definition) is 0. The van der Waals surface area contributed by atoms with E-state index in [4.69, 9.17) is 11.6 Å². The van der Waals surface area contributed by atoms with Gasteiger partial charge in [0.2, 0.25) is 0 Å². The van der Waals surface area contributed by atoms with Crippen molar-refractivity contribution in [1.82, 2.24) is 0 Å². The molecule has 1 unspecified atom stereocenters. The quantitative estimate of drug-likeness (QED) is 0.722. The first kappa shape index (κ1) is 13.2. The highest BCUT2D eigenvalue weighted by molar-refractivity contribution is 6.31. The predicted molar refractivity (Wildman–Crippen MR) is 64.7 cm³/mol. The van der Waals surface area contributed by atoms with Crippen molar-refractivity contribution in [3.8, 4) is 0 Å². The van der Waals surface area contributed by atoms with Gasteiger partial charge in [-0.25, -0.2) is 4.39 Å². The van der Waals surface area contributed by atoms with Crippen LogP contribution in [0.4, 0.5) is 4.39 Å². The van der Waals surface area contributed by atoms with E-state index in [0.717, 1.165) is 11.8 Å². The molecule has 1 atom stereocenters. The number of rotatable bonds is 4. The fraction of sp³-hybridized carbons (Fsp3) is 0.462. The summed E-state index contributed by atoms with van der Waals surface area (Å²) in [4.78, 5) is 10.5. The summed E-state index contributed by atoms with van der Waals surface area (Å²) in [7, 11) is 0. The van der Waals surface area contributed by atoms with E-state index in [1.54, 1.807) is 12.1 Å². The molecular formula is C13H16ClFO. The van der Waals surface area contributed by atoms with Gasteiger partial charge >= 0.3 is 0 Å². The van der Waals surface area contributed by atoms with Crippen molar-refractivity contribution < 1.29 is 9.18 Å². The first-order chi connectivity index (χ1) is 7.38. The van der Waals surface area contributed by atoms with Crippen LogP contribution < -0.4 is 0 Å². The summed E-state index contributed by atoms with van der Waals surface area (Å²) in [5.74, 6) is -0.0128. The largest absolute Gasteiger partial charge is 0.303 e. The molecule has 0 radical (unpaired) electrons. The van der Waals surface area contributed by atoms with Gasteiger partial charge in [-0.05, 0) is 31.4 Å². The monoisotopic (exact) mass is 242 g/mol. The number of alkyl halides is 1. The van der Waals surface area contributed by atoms with Gasteiger partial charge in [0.25, 0.3) is 0 Å². The van der Waals surface area contributed by atoms with Gasteiger partial charge < -0.3 is 4.79 Å². The number of halogens is 2. The van der Waals surface area contributed by atoms with Crippen LogP contribution in [0.2, 0.25) is 5.02 Å². The molecule has 0 saturated heterocycles. The zero-order valence-corrected chi connectivity index (χ0v) is 10.5. The third-order valence-electron chi connectivity index (χ3n) is 2.62. The van der Waals surface area contributed by atoms with Crippen molar-refractivity contribution in [2.24, 2.45) is 0 Å². The molecule has 1 aromatic rings. The van der Waals surface area contributed by atoms with Gasteiger partial charge in [-0.1, -0.05) is 30.7 Å². The predicted octanol–water partition coefficient (Wildman–Crippen LogP) is 4.24. The van der Waals surface area contributed by atoms with Crippen molar-refractivity contribution in [1.29, 1.82) is 0 Å². The second-order valence-corrected chi connectivity index (χ2v) is 4.89.